The van der Waals surface area contributed by atoms with E-state index in [4.69, 9.17) is 10.8 Å². The summed E-state index contributed by atoms with van der Waals surface area (Å²) in [5.74, 6) is -2.49. The van der Waals surface area contributed by atoms with Crippen molar-refractivity contribution < 1.29 is 19.5 Å². The second kappa shape index (κ2) is 3.11. The molecule has 0 aromatic carbocycles. The number of amides is 1. The maximum absolute atomic E-state index is 10.2. The second-order valence-corrected chi connectivity index (χ2v) is 2.11. The standard InChI is InChI=1S/C5H8N2O4/c6-3(9)1-5(7,2-8)4(10)11/h2H,1,7H2,(H2,6,9)(H,10,11). The van der Waals surface area contributed by atoms with Gasteiger partial charge < -0.3 is 21.4 Å². The molecule has 0 aliphatic carbocycles. The molecule has 0 rings (SSSR count). The first-order valence-electron chi connectivity index (χ1n) is 2.69. The fourth-order valence-electron chi connectivity index (χ4n) is 0.456. The highest BCUT2D eigenvalue weighted by molar-refractivity contribution is 6.01. The summed E-state index contributed by atoms with van der Waals surface area (Å²) < 4.78 is 0. The quantitative estimate of drug-likeness (QED) is 0.319. The minimum atomic E-state index is -2.17. The van der Waals surface area contributed by atoms with Crippen molar-refractivity contribution in [3.05, 3.63) is 0 Å². The third kappa shape index (κ3) is 2.34. The number of aldehydes is 1. The van der Waals surface area contributed by atoms with E-state index in [1.165, 1.54) is 0 Å². The van der Waals surface area contributed by atoms with Crippen molar-refractivity contribution in [3.8, 4) is 0 Å². The van der Waals surface area contributed by atoms with Crippen molar-refractivity contribution in [2.75, 3.05) is 0 Å². The van der Waals surface area contributed by atoms with Crippen LogP contribution in [0, 0.1) is 0 Å². The molecule has 1 atom stereocenters. The number of primary amides is 1. The van der Waals surface area contributed by atoms with Gasteiger partial charge in [-0.05, 0) is 0 Å². The third-order valence-corrected chi connectivity index (χ3v) is 1.08. The number of carboxylic acid groups (broad SMARTS) is 1. The molecule has 0 spiro atoms. The molecule has 11 heavy (non-hydrogen) atoms. The highest BCUT2D eigenvalue weighted by Gasteiger charge is 2.35. The van der Waals surface area contributed by atoms with E-state index >= 15 is 0 Å². The first-order valence-corrected chi connectivity index (χ1v) is 2.69. The van der Waals surface area contributed by atoms with Gasteiger partial charge in [0.2, 0.25) is 5.91 Å². The maximum Gasteiger partial charge on any atom is 0.331 e. The van der Waals surface area contributed by atoms with Crippen molar-refractivity contribution >= 4 is 18.2 Å². The third-order valence-electron chi connectivity index (χ3n) is 1.08. The predicted molar refractivity (Wildman–Crippen MR) is 34.4 cm³/mol. The summed E-state index contributed by atoms with van der Waals surface area (Å²) in [4.78, 5) is 30.5. The Kier molecular flexibility index (Phi) is 2.70. The monoisotopic (exact) mass is 160 g/mol. The van der Waals surface area contributed by atoms with Crippen LogP contribution in [0.5, 0.6) is 0 Å². The molecule has 0 fully saturated rings. The van der Waals surface area contributed by atoms with Crippen LogP contribution in [0.25, 0.3) is 0 Å². The van der Waals surface area contributed by atoms with E-state index in [2.05, 4.69) is 5.73 Å². The molecule has 0 aromatic rings. The zero-order valence-electron chi connectivity index (χ0n) is 5.61. The summed E-state index contributed by atoms with van der Waals surface area (Å²) in [5.41, 5.74) is 7.45. The number of rotatable bonds is 4. The molecule has 0 radical (unpaired) electrons. The van der Waals surface area contributed by atoms with Crippen molar-refractivity contribution in [1.82, 2.24) is 0 Å². The predicted octanol–water partition coefficient (Wildman–Crippen LogP) is -2.16. The van der Waals surface area contributed by atoms with Gasteiger partial charge in [0.25, 0.3) is 0 Å². The van der Waals surface area contributed by atoms with Crippen LogP contribution in [0.1, 0.15) is 6.42 Å². The zero-order valence-corrected chi connectivity index (χ0v) is 5.61. The van der Waals surface area contributed by atoms with Gasteiger partial charge in [0.1, 0.15) is 0 Å². The second-order valence-electron chi connectivity index (χ2n) is 2.11. The number of nitrogens with two attached hydrogens (primary N) is 2. The van der Waals surface area contributed by atoms with Crippen LogP contribution in [0.4, 0.5) is 0 Å². The largest absolute Gasteiger partial charge is 0.480 e. The lowest BCUT2D eigenvalue weighted by atomic mass is 9.99. The van der Waals surface area contributed by atoms with E-state index in [9.17, 15) is 14.4 Å². The average molecular weight is 160 g/mol. The minimum Gasteiger partial charge on any atom is -0.480 e. The zero-order chi connectivity index (χ0) is 9.07. The van der Waals surface area contributed by atoms with E-state index in [0.29, 0.717) is 0 Å². The van der Waals surface area contributed by atoms with Gasteiger partial charge in [-0.25, -0.2) is 4.79 Å². The number of hydrogen-bond acceptors (Lipinski definition) is 4. The van der Waals surface area contributed by atoms with Crippen molar-refractivity contribution in [2.45, 2.75) is 12.0 Å². The molecule has 0 heterocycles. The smallest absolute Gasteiger partial charge is 0.331 e. The molecule has 0 aliphatic rings. The number of aliphatic carboxylic acids is 1. The molecule has 6 heteroatoms. The van der Waals surface area contributed by atoms with E-state index in [0.717, 1.165) is 0 Å². The van der Waals surface area contributed by atoms with Gasteiger partial charge in [0, 0.05) is 0 Å². The van der Waals surface area contributed by atoms with E-state index < -0.39 is 23.8 Å². The van der Waals surface area contributed by atoms with Crippen LogP contribution in [-0.4, -0.2) is 28.8 Å². The maximum atomic E-state index is 10.2. The molecule has 0 bridgehead atoms. The molecule has 62 valence electrons. The summed E-state index contributed by atoms with van der Waals surface area (Å²) in [6, 6.07) is 0. The van der Waals surface area contributed by atoms with Crippen LogP contribution in [0.2, 0.25) is 0 Å². The van der Waals surface area contributed by atoms with Gasteiger partial charge in [-0.2, -0.15) is 0 Å². The number of carbonyl (C=O) groups is 3. The highest BCUT2D eigenvalue weighted by atomic mass is 16.4. The Morgan fingerprint density at radius 3 is 2.09 bits per heavy atom. The minimum absolute atomic E-state index is 0.0138. The van der Waals surface area contributed by atoms with Crippen LogP contribution in [-0.2, 0) is 14.4 Å². The molecular formula is C5H8N2O4. The number of hydrogen-bond donors (Lipinski definition) is 3. The van der Waals surface area contributed by atoms with E-state index in [1.807, 2.05) is 0 Å². The topological polar surface area (TPSA) is 123 Å². The molecular weight excluding hydrogens is 152 g/mol. The number of carbonyl (C=O) groups excluding carboxylic acids is 2. The summed E-state index contributed by atoms with van der Waals surface area (Å²) in [7, 11) is 0. The van der Waals surface area contributed by atoms with Gasteiger partial charge in [-0.3, -0.25) is 4.79 Å². The van der Waals surface area contributed by atoms with Gasteiger partial charge in [-0.1, -0.05) is 0 Å². The highest BCUT2D eigenvalue weighted by Crippen LogP contribution is 2.01. The molecule has 5 N–H and O–H groups in total. The molecule has 0 saturated heterocycles. The molecule has 0 aromatic heterocycles. The first-order chi connectivity index (χ1) is 4.92. The van der Waals surface area contributed by atoms with Crippen molar-refractivity contribution in [3.63, 3.8) is 0 Å². The van der Waals surface area contributed by atoms with Crippen LogP contribution < -0.4 is 11.5 Å². The summed E-state index contributed by atoms with van der Waals surface area (Å²) >= 11 is 0. The fourth-order valence-corrected chi connectivity index (χ4v) is 0.456. The van der Waals surface area contributed by atoms with Crippen molar-refractivity contribution in [2.24, 2.45) is 11.5 Å². The fraction of sp³-hybridized carbons (Fsp3) is 0.400. The summed E-state index contributed by atoms with van der Waals surface area (Å²) in [6.07, 6.45) is -0.702. The van der Waals surface area contributed by atoms with Gasteiger partial charge >= 0.3 is 5.97 Å². The number of carboxylic acids is 1. The van der Waals surface area contributed by atoms with Crippen LogP contribution in [0.3, 0.4) is 0 Å². The molecule has 0 saturated carbocycles. The average Bonchev–Trinajstić information content (AvgIpc) is 1.86. The lowest BCUT2D eigenvalue weighted by Crippen LogP contribution is -2.52. The van der Waals surface area contributed by atoms with Crippen molar-refractivity contribution in [1.29, 1.82) is 0 Å². The van der Waals surface area contributed by atoms with Gasteiger partial charge in [-0.15, -0.1) is 0 Å². The Morgan fingerprint density at radius 2 is 2.00 bits per heavy atom. The van der Waals surface area contributed by atoms with Gasteiger partial charge in [0.05, 0.1) is 6.42 Å². The lowest BCUT2D eigenvalue weighted by molar-refractivity contribution is -0.147. The lowest BCUT2D eigenvalue weighted by Gasteiger charge is -2.14. The van der Waals surface area contributed by atoms with E-state index in [1.54, 1.807) is 0 Å². The molecule has 1 amide bonds. The summed E-state index contributed by atoms with van der Waals surface area (Å²) in [6.45, 7) is 0. The normalized spacial score (nSPS) is 15.0. The molecule has 0 aliphatic heterocycles. The molecule has 1 unspecified atom stereocenters. The Labute approximate surface area is 62.2 Å². The van der Waals surface area contributed by atoms with Crippen LogP contribution in [0.15, 0.2) is 0 Å². The van der Waals surface area contributed by atoms with Crippen LogP contribution >= 0.6 is 0 Å². The van der Waals surface area contributed by atoms with E-state index in [-0.39, 0.29) is 6.29 Å². The Bertz CT molecular complexity index is 203. The van der Waals surface area contributed by atoms with Gasteiger partial charge in [0.15, 0.2) is 11.8 Å². The molecule has 6 nitrogen and oxygen atoms in total. The SMILES string of the molecule is NC(=O)CC(N)(C=O)C(=O)O. The first kappa shape index (κ1) is 9.57. The summed E-state index contributed by atoms with van der Waals surface area (Å²) in [5, 5.41) is 8.32. The Hall–Kier alpha value is -1.43. The Morgan fingerprint density at radius 1 is 1.55 bits per heavy atom. The Balaban J connectivity index is 4.47.